The molecule has 1 heterocycles. The molecule has 11 heteroatoms. The second-order valence-corrected chi connectivity index (χ2v) is 9.77. The molecule has 0 aliphatic carbocycles. The number of hydrogen-bond donors (Lipinski definition) is 3. The number of aromatic nitrogens is 2. The fourth-order valence-electron chi connectivity index (χ4n) is 3.42. The van der Waals surface area contributed by atoms with Gasteiger partial charge in [0, 0.05) is 18.2 Å². The number of nitrogens with zero attached hydrogens (tertiary/aromatic N) is 2. The van der Waals surface area contributed by atoms with Crippen molar-refractivity contribution >= 4 is 27.6 Å². The molecule has 0 bridgehead atoms. The van der Waals surface area contributed by atoms with Crippen molar-refractivity contribution in [3.8, 4) is 22.6 Å². The summed E-state index contributed by atoms with van der Waals surface area (Å²) in [7, 11) is -3.96. The molecule has 9 nitrogen and oxygen atoms in total. The second-order valence-electron chi connectivity index (χ2n) is 8.15. The Labute approximate surface area is 198 Å². The molecule has 0 saturated carbocycles. The Morgan fingerprint density at radius 2 is 1.79 bits per heavy atom. The highest BCUT2D eigenvalue weighted by molar-refractivity contribution is 7.87. The Kier molecular flexibility index (Phi) is 7.45. The van der Waals surface area contributed by atoms with E-state index in [-0.39, 0.29) is 47.9 Å². The monoisotopic (exact) mass is 489 g/mol. The highest BCUT2D eigenvalue weighted by Gasteiger charge is 2.23. The zero-order valence-electron chi connectivity index (χ0n) is 19.2. The van der Waals surface area contributed by atoms with Gasteiger partial charge < -0.3 is 26.1 Å². The molecule has 0 unspecified atom stereocenters. The molecule has 3 aromatic rings. The predicted octanol–water partition coefficient (Wildman–Crippen LogP) is 3.38. The number of rotatable bonds is 9. The summed E-state index contributed by atoms with van der Waals surface area (Å²) in [5.74, 6) is -0.453. The molecular formula is C23H28FN5O4S. The molecule has 6 N–H and O–H groups in total. The van der Waals surface area contributed by atoms with Crippen LogP contribution in [0.5, 0.6) is 11.5 Å². The van der Waals surface area contributed by atoms with Crippen LogP contribution in [0.2, 0.25) is 0 Å². The van der Waals surface area contributed by atoms with Gasteiger partial charge in [0.25, 0.3) is 0 Å². The number of benzene rings is 2. The molecular weight excluding hydrogens is 461 g/mol. The zero-order chi connectivity index (χ0) is 25.0. The van der Waals surface area contributed by atoms with E-state index in [1.54, 1.807) is 39.0 Å². The van der Waals surface area contributed by atoms with Crippen LogP contribution in [-0.2, 0) is 16.5 Å². The summed E-state index contributed by atoms with van der Waals surface area (Å²) < 4.78 is 51.1. The molecule has 0 aliphatic rings. The van der Waals surface area contributed by atoms with Crippen LogP contribution in [0.1, 0.15) is 31.9 Å². The van der Waals surface area contributed by atoms with Crippen molar-refractivity contribution in [1.29, 1.82) is 0 Å². The highest BCUT2D eigenvalue weighted by atomic mass is 32.2. The summed E-state index contributed by atoms with van der Waals surface area (Å²) >= 11 is 0. The first-order valence-electron chi connectivity index (χ1n) is 10.6. The van der Waals surface area contributed by atoms with Gasteiger partial charge in [-0.25, -0.2) is 9.37 Å². The molecule has 0 radical (unpaired) electrons. The average molecular weight is 490 g/mol. The minimum Gasteiger partial charge on any atom is -0.493 e. The van der Waals surface area contributed by atoms with Gasteiger partial charge in [-0.1, -0.05) is 19.9 Å². The third kappa shape index (κ3) is 6.04. The maximum Gasteiger partial charge on any atom is 0.309 e. The lowest BCUT2D eigenvalue weighted by atomic mass is 9.98. The number of nitrogen functional groups attached to an aromatic ring is 3. The predicted molar refractivity (Wildman–Crippen MR) is 130 cm³/mol. The second kappa shape index (κ2) is 10.1. The standard InChI is InChI=1S/C23H28FN5O4S/c1-4-32-19-8-14(7-16-11-28-23(27)29-22(16)26)9-20(33-34(30,31)12-13(2)3)21(19)15-5-6-18(25)17(24)10-15/h5-6,8-11,13H,4,7,12,25H2,1-3H3,(H4,26,27,28,29). The Bertz CT molecular complexity index is 1300. The maximum absolute atomic E-state index is 14.3. The lowest BCUT2D eigenvalue weighted by Crippen LogP contribution is -2.18. The maximum atomic E-state index is 14.3. The number of hydrogen-bond acceptors (Lipinski definition) is 9. The van der Waals surface area contributed by atoms with Crippen molar-refractivity contribution in [2.24, 2.45) is 5.92 Å². The Balaban J connectivity index is 2.19. The lowest BCUT2D eigenvalue weighted by molar-refractivity contribution is 0.340. The molecule has 0 amide bonds. The third-order valence-electron chi connectivity index (χ3n) is 4.78. The Morgan fingerprint density at radius 1 is 1.09 bits per heavy atom. The van der Waals surface area contributed by atoms with Gasteiger partial charge >= 0.3 is 10.1 Å². The van der Waals surface area contributed by atoms with E-state index in [0.717, 1.165) is 0 Å². The lowest BCUT2D eigenvalue weighted by Gasteiger charge is -2.19. The quantitative estimate of drug-likeness (QED) is 0.303. The summed E-state index contributed by atoms with van der Waals surface area (Å²) in [6.07, 6.45) is 1.75. The van der Waals surface area contributed by atoms with Gasteiger partial charge in [-0.15, -0.1) is 0 Å². The first-order chi connectivity index (χ1) is 16.0. The van der Waals surface area contributed by atoms with E-state index in [4.69, 9.17) is 26.1 Å². The highest BCUT2D eigenvalue weighted by Crippen LogP contribution is 2.42. The van der Waals surface area contributed by atoms with Gasteiger partial charge in [0.1, 0.15) is 17.4 Å². The molecule has 2 aromatic carbocycles. The molecule has 0 atom stereocenters. The van der Waals surface area contributed by atoms with Gasteiger partial charge in [-0.2, -0.15) is 13.4 Å². The van der Waals surface area contributed by atoms with E-state index >= 15 is 0 Å². The number of ether oxygens (including phenoxy) is 1. The summed E-state index contributed by atoms with van der Waals surface area (Å²) in [6, 6.07) is 7.45. The molecule has 3 rings (SSSR count). The van der Waals surface area contributed by atoms with Crippen LogP contribution >= 0.6 is 0 Å². The summed E-state index contributed by atoms with van der Waals surface area (Å²) in [6.45, 7) is 5.59. The van der Waals surface area contributed by atoms with Crippen molar-refractivity contribution < 1.29 is 21.7 Å². The molecule has 1 aromatic heterocycles. The minimum absolute atomic E-state index is 0.000654. The number of nitrogens with two attached hydrogens (primary N) is 3. The average Bonchev–Trinajstić information content (AvgIpc) is 2.71. The van der Waals surface area contributed by atoms with Gasteiger partial charge in [0.15, 0.2) is 5.75 Å². The van der Waals surface area contributed by atoms with E-state index in [1.165, 1.54) is 18.3 Å². The summed E-state index contributed by atoms with van der Waals surface area (Å²) in [4.78, 5) is 7.93. The minimum atomic E-state index is -3.96. The van der Waals surface area contributed by atoms with Gasteiger partial charge in [-0.05, 0) is 48.2 Å². The first kappa shape index (κ1) is 25.0. The first-order valence-corrected chi connectivity index (χ1v) is 12.2. The van der Waals surface area contributed by atoms with Crippen LogP contribution in [0.3, 0.4) is 0 Å². The Morgan fingerprint density at radius 3 is 2.41 bits per heavy atom. The van der Waals surface area contributed by atoms with Crippen LogP contribution in [0, 0.1) is 11.7 Å². The van der Waals surface area contributed by atoms with Gasteiger partial charge in [0.2, 0.25) is 5.95 Å². The summed E-state index contributed by atoms with van der Waals surface area (Å²) in [5, 5.41) is 0. The molecule has 0 spiro atoms. The SMILES string of the molecule is CCOc1cc(Cc2cnc(N)nc2N)cc(OS(=O)(=O)CC(C)C)c1-c1ccc(N)c(F)c1. The van der Waals surface area contributed by atoms with E-state index in [9.17, 15) is 12.8 Å². The van der Waals surface area contributed by atoms with Crippen LogP contribution < -0.4 is 26.1 Å². The van der Waals surface area contributed by atoms with E-state index in [2.05, 4.69) is 9.97 Å². The zero-order valence-corrected chi connectivity index (χ0v) is 20.0. The van der Waals surface area contributed by atoms with Gasteiger partial charge in [0.05, 0.1) is 23.6 Å². The van der Waals surface area contributed by atoms with E-state index in [0.29, 0.717) is 28.0 Å². The third-order valence-corrected chi connectivity index (χ3v) is 6.29. The fourth-order valence-corrected chi connectivity index (χ4v) is 4.71. The smallest absolute Gasteiger partial charge is 0.309 e. The van der Waals surface area contributed by atoms with E-state index in [1.807, 2.05) is 0 Å². The molecule has 0 fully saturated rings. The largest absolute Gasteiger partial charge is 0.493 e. The van der Waals surface area contributed by atoms with Crippen LogP contribution in [0.15, 0.2) is 36.5 Å². The topological polar surface area (TPSA) is 156 Å². The molecule has 0 aliphatic heterocycles. The van der Waals surface area contributed by atoms with Crippen molar-refractivity contribution in [2.45, 2.75) is 27.2 Å². The molecule has 34 heavy (non-hydrogen) atoms. The number of halogens is 1. The van der Waals surface area contributed by atoms with Gasteiger partial charge in [-0.3, -0.25) is 0 Å². The normalized spacial score (nSPS) is 11.6. The molecule has 182 valence electrons. The van der Waals surface area contributed by atoms with Crippen LogP contribution in [0.25, 0.3) is 11.1 Å². The Hall–Kier alpha value is -3.60. The fraction of sp³-hybridized carbons (Fsp3) is 0.304. The van der Waals surface area contributed by atoms with Crippen molar-refractivity contribution in [3.05, 3.63) is 53.5 Å². The van der Waals surface area contributed by atoms with Crippen LogP contribution in [0.4, 0.5) is 21.8 Å². The van der Waals surface area contributed by atoms with Crippen molar-refractivity contribution in [1.82, 2.24) is 9.97 Å². The van der Waals surface area contributed by atoms with E-state index < -0.39 is 15.9 Å². The van der Waals surface area contributed by atoms with Crippen molar-refractivity contribution in [3.63, 3.8) is 0 Å². The van der Waals surface area contributed by atoms with Crippen molar-refractivity contribution in [2.75, 3.05) is 29.6 Å². The number of anilines is 3. The molecule has 0 saturated heterocycles. The summed E-state index contributed by atoms with van der Waals surface area (Å²) in [5.41, 5.74) is 19.0. The van der Waals surface area contributed by atoms with Crippen LogP contribution in [-0.4, -0.2) is 30.7 Å².